The first-order valence-electron chi connectivity index (χ1n) is 8.79. The summed E-state index contributed by atoms with van der Waals surface area (Å²) in [5.74, 6) is 0.773. The molecule has 1 amide bonds. The lowest BCUT2D eigenvalue weighted by Gasteiger charge is -2.19. The van der Waals surface area contributed by atoms with Crippen molar-refractivity contribution in [3.8, 4) is 0 Å². The molecule has 0 saturated carbocycles. The van der Waals surface area contributed by atoms with Crippen LogP contribution in [0.4, 0.5) is 4.79 Å². The molecule has 0 heterocycles. The van der Waals surface area contributed by atoms with E-state index in [9.17, 15) is 4.79 Å². The van der Waals surface area contributed by atoms with E-state index in [0.717, 1.165) is 25.2 Å². The second-order valence-electron chi connectivity index (χ2n) is 7.72. The van der Waals surface area contributed by atoms with E-state index in [2.05, 4.69) is 43.4 Å². The van der Waals surface area contributed by atoms with E-state index in [1.165, 1.54) is 24.0 Å². The normalized spacial score (nSPS) is 11.6. The molecule has 0 aliphatic carbocycles. The Hall–Kier alpha value is -1.51. The summed E-state index contributed by atoms with van der Waals surface area (Å²) in [6.45, 7) is 10.8. The van der Waals surface area contributed by atoms with Crippen LogP contribution < -0.4 is 5.32 Å². The van der Waals surface area contributed by atoms with Gasteiger partial charge in [0.15, 0.2) is 0 Å². The van der Waals surface area contributed by atoms with Crippen LogP contribution in [0, 0.1) is 5.92 Å². The Balaban J connectivity index is 2.28. The fourth-order valence-corrected chi connectivity index (χ4v) is 2.44. The van der Waals surface area contributed by atoms with E-state index >= 15 is 0 Å². The number of nitrogens with one attached hydrogen (secondary N) is 1. The van der Waals surface area contributed by atoms with E-state index in [0.29, 0.717) is 6.61 Å². The molecule has 1 rings (SSSR count). The monoisotopic (exact) mass is 319 g/mol. The third-order valence-electron chi connectivity index (χ3n) is 3.56. The van der Waals surface area contributed by atoms with Crippen molar-refractivity contribution in [1.82, 2.24) is 5.32 Å². The van der Waals surface area contributed by atoms with Crippen molar-refractivity contribution < 1.29 is 9.53 Å². The van der Waals surface area contributed by atoms with Crippen LogP contribution in [0.2, 0.25) is 0 Å². The highest BCUT2D eigenvalue weighted by Gasteiger charge is 2.14. The summed E-state index contributed by atoms with van der Waals surface area (Å²) < 4.78 is 5.21. The van der Waals surface area contributed by atoms with Crippen molar-refractivity contribution in [1.29, 1.82) is 0 Å². The molecule has 0 spiro atoms. The molecule has 1 aromatic rings. The molecule has 3 heteroatoms. The summed E-state index contributed by atoms with van der Waals surface area (Å²) >= 11 is 0. The number of alkyl carbamates (subject to hydrolysis) is 1. The third kappa shape index (κ3) is 9.98. The zero-order valence-corrected chi connectivity index (χ0v) is 15.4. The molecule has 1 N–H and O–H groups in total. The molecule has 130 valence electrons. The smallest absolute Gasteiger partial charge is 0.407 e. The fraction of sp³-hybridized carbons (Fsp3) is 0.650. The largest absolute Gasteiger partial charge is 0.450 e. The molecule has 1 aromatic carbocycles. The van der Waals surface area contributed by atoms with Crippen molar-refractivity contribution in [3.63, 3.8) is 0 Å². The number of carbonyl (C=O) groups is 1. The first-order chi connectivity index (χ1) is 10.8. The number of aryl methyl sites for hydroxylation is 2. The zero-order chi connectivity index (χ0) is 17.3. The van der Waals surface area contributed by atoms with Gasteiger partial charge in [0.05, 0.1) is 6.61 Å². The lowest BCUT2D eigenvalue weighted by Crippen LogP contribution is -2.41. The van der Waals surface area contributed by atoms with Gasteiger partial charge in [-0.1, -0.05) is 44.5 Å². The van der Waals surface area contributed by atoms with Crippen molar-refractivity contribution in [2.75, 3.05) is 6.61 Å². The Labute approximate surface area is 141 Å². The summed E-state index contributed by atoms with van der Waals surface area (Å²) in [4.78, 5) is 11.6. The number of rotatable bonds is 8. The maximum Gasteiger partial charge on any atom is 0.407 e. The summed E-state index contributed by atoms with van der Waals surface area (Å²) in [7, 11) is 0. The number of hydrogen-bond donors (Lipinski definition) is 1. The second-order valence-corrected chi connectivity index (χ2v) is 7.72. The van der Waals surface area contributed by atoms with Crippen LogP contribution in [0.5, 0.6) is 0 Å². The van der Waals surface area contributed by atoms with Crippen LogP contribution in [0.25, 0.3) is 0 Å². The van der Waals surface area contributed by atoms with E-state index < -0.39 is 0 Å². The van der Waals surface area contributed by atoms with Gasteiger partial charge in [0.25, 0.3) is 0 Å². The second kappa shape index (κ2) is 9.59. The first kappa shape index (κ1) is 19.5. The average Bonchev–Trinajstić information content (AvgIpc) is 2.42. The number of benzene rings is 1. The molecule has 0 aromatic heterocycles. The Bertz CT molecular complexity index is 475. The van der Waals surface area contributed by atoms with Gasteiger partial charge in [-0.2, -0.15) is 0 Å². The molecule has 0 unspecified atom stereocenters. The maximum absolute atomic E-state index is 11.6. The van der Waals surface area contributed by atoms with Gasteiger partial charge in [0, 0.05) is 5.54 Å². The Morgan fingerprint density at radius 1 is 1.13 bits per heavy atom. The van der Waals surface area contributed by atoms with Crippen LogP contribution in [0.15, 0.2) is 24.3 Å². The van der Waals surface area contributed by atoms with Gasteiger partial charge < -0.3 is 10.1 Å². The van der Waals surface area contributed by atoms with E-state index in [4.69, 9.17) is 4.74 Å². The summed E-state index contributed by atoms with van der Waals surface area (Å²) in [5, 5.41) is 2.80. The molecule has 3 nitrogen and oxygen atoms in total. The van der Waals surface area contributed by atoms with Crippen LogP contribution >= 0.6 is 0 Å². The third-order valence-corrected chi connectivity index (χ3v) is 3.56. The van der Waals surface area contributed by atoms with Crippen LogP contribution in [-0.4, -0.2) is 18.2 Å². The van der Waals surface area contributed by atoms with Crippen molar-refractivity contribution >= 4 is 6.09 Å². The highest BCUT2D eigenvalue weighted by Crippen LogP contribution is 2.13. The molecule has 0 radical (unpaired) electrons. The van der Waals surface area contributed by atoms with Gasteiger partial charge >= 0.3 is 6.09 Å². The maximum atomic E-state index is 11.6. The average molecular weight is 319 g/mol. The minimum absolute atomic E-state index is 0.249. The highest BCUT2D eigenvalue weighted by atomic mass is 16.5. The van der Waals surface area contributed by atoms with Gasteiger partial charge in [0.1, 0.15) is 0 Å². The summed E-state index contributed by atoms with van der Waals surface area (Å²) in [6, 6.07) is 8.78. The number of hydrogen-bond acceptors (Lipinski definition) is 2. The number of carbonyl (C=O) groups excluding carboxylic acids is 1. The molecule has 0 atom stereocenters. The van der Waals surface area contributed by atoms with Crippen LogP contribution in [-0.2, 0) is 17.6 Å². The zero-order valence-electron chi connectivity index (χ0n) is 15.4. The molecular formula is C20H33NO2. The molecule has 0 bridgehead atoms. The predicted molar refractivity (Wildman–Crippen MR) is 96.8 cm³/mol. The Morgan fingerprint density at radius 2 is 1.74 bits per heavy atom. The van der Waals surface area contributed by atoms with Gasteiger partial charge in [-0.25, -0.2) is 4.79 Å². The van der Waals surface area contributed by atoms with Gasteiger partial charge in [-0.05, 0) is 63.5 Å². The topological polar surface area (TPSA) is 38.3 Å². The molecule has 0 saturated heterocycles. The van der Waals surface area contributed by atoms with Crippen LogP contribution in [0.1, 0.15) is 65.0 Å². The number of ether oxygens (including phenoxy) is 1. The van der Waals surface area contributed by atoms with Crippen molar-refractivity contribution in [3.05, 3.63) is 35.4 Å². The highest BCUT2D eigenvalue weighted by molar-refractivity contribution is 5.67. The molecule has 0 aliphatic heterocycles. The van der Waals surface area contributed by atoms with E-state index in [1.54, 1.807) is 0 Å². The molecule has 0 aliphatic rings. The first-order valence-corrected chi connectivity index (χ1v) is 8.79. The van der Waals surface area contributed by atoms with E-state index in [-0.39, 0.29) is 11.6 Å². The summed E-state index contributed by atoms with van der Waals surface area (Å²) in [6.07, 6.45) is 5.14. The van der Waals surface area contributed by atoms with Crippen molar-refractivity contribution in [2.24, 2.45) is 5.92 Å². The van der Waals surface area contributed by atoms with E-state index in [1.807, 2.05) is 20.8 Å². The molecular weight excluding hydrogens is 286 g/mol. The molecule has 23 heavy (non-hydrogen) atoms. The lowest BCUT2D eigenvalue weighted by molar-refractivity contribution is 0.136. The number of amides is 1. The van der Waals surface area contributed by atoms with Gasteiger partial charge in [-0.15, -0.1) is 0 Å². The lowest BCUT2D eigenvalue weighted by atomic mass is 10.00. The van der Waals surface area contributed by atoms with Gasteiger partial charge in [-0.3, -0.25) is 0 Å². The SMILES string of the molecule is CC(C)CCCc1cccc(CCCOC(=O)NC(C)(C)C)c1. The minimum atomic E-state index is -0.333. The molecule has 0 fully saturated rings. The Kier molecular flexibility index (Phi) is 8.15. The Morgan fingerprint density at radius 3 is 2.30 bits per heavy atom. The summed E-state index contributed by atoms with van der Waals surface area (Å²) in [5.41, 5.74) is 2.49. The van der Waals surface area contributed by atoms with Crippen LogP contribution in [0.3, 0.4) is 0 Å². The standard InChI is InChI=1S/C20H33NO2/c1-16(2)9-6-10-17-11-7-12-18(15-17)13-8-14-23-19(22)21-20(3,4)5/h7,11-12,15-16H,6,8-10,13-14H2,1-5H3,(H,21,22). The quantitative estimate of drug-likeness (QED) is 0.675. The van der Waals surface area contributed by atoms with Crippen molar-refractivity contribution in [2.45, 2.75) is 72.3 Å². The predicted octanol–water partition coefficient (Wildman–Crippen LogP) is 5.12. The minimum Gasteiger partial charge on any atom is -0.450 e. The van der Waals surface area contributed by atoms with Gasteiger partial charge in [0.2, 0.25) is 0 Å². The fourth-order valence-electron chi connectivity index (χ4n) is 2.44.